The predicted molar refractivity (Wildman–Crippen MR) is 144 cm³/mol. The van der Waals surface area contributed by atoms with E-state index in [1.165, 1.54) is 0 Å². The number of nitrogens with zero attached hydrogens (tertiary/aromatic N) is 1. The molecule has 1 unspecified atom stereocenters. The van der Waals surface area contributed by atoms with E-state index in [9.17, 15) is 9.59 Å². The van der Waals surface area contributed by atoms with Gasteiger partial charge in [-0.1, -0.05) is 95.0 Å². The van der Waals surface area contributed by atoms with Crippen molar-refractivity contribution in [2.45, 2.75) is 57.2 Å². The minimum absolute atomic E-state index is 0.0831. The highest BCUT2D eigenvalue weighted by Crippen LogP contribution is 2.22. The van der Waals surface area contributed by atoms with Gasteiger partial charge in [0.2, 0.25) is 11.8 Å². The summed E-state index contributed by atoms with van der Waals surface area (Å²) in [5.41, 5.74) is 2.86. The highest BCUT2D eigenvalue weighted by atomic mass is 79.9. The summed E-state index contributed by atoms with van der Waals surface area (Å²) in [5, 5.41) is 3.87. The van der Waals surface area contributed by atoms with Crippen molar-refractivity contribution in [2.24, 2.45) is 0 Å². The average molecular weight is 554 g/mol. The minimum Gasteiger partial charge on any atom is -0.352 e. The summed E-state index contributed by atoms with van der Waals surface area (Å²) in [6.07, 6.45) is 4.91. The van der Waals surface area contributed by atoms with Crippen molar-refractivity contribution >= 4 is 39.3 Å². The highest BCUT2D eigenvalue weighted by molar-refractivity contribution is 9.10. The number of halogens is 2. The van der Waals surface area contributed by atoms with Crippen molar-refractivity contribution in [3.05, 3.63) is 105 Å². The van der Waals surface area contributed by atoms with E-state index in [1.54, 1.807) is 17.0 Å². The van der Waals surface area contributed by atoms with Gasteiger partial charge in [-0.15, -0.1) is 0 Å². The van der Waals surface area contributed by atoms with Crippen LogP contribution in [0.25, 0.3) is 0 Å². The number of hydrogen-bond acceptors (Lipinski definition) is 2. The monoisotopic (exact) mass is 552 g/mol. The molecular weight excluding hydrogens is 524 g/mol. The van der Waals surface area contributed by atoms with Gasteiger partial charge < -0.3 is 10.2 Å². The van der Waals surface area contributed by atoms with Crippen molar-refractivity contribution in [3.8, 4) is 0 Å². The normalized spacial score (nSPS) is 14.5. The first-order valence-electron chi connectivity index (χ1n) is 12.1. The lowest BCUT2D eigenvalue weighted by atomic mass is 10.0. The Labute approximate surface area is 220 Å². The van der Waals surface area contributed by atoms with Crippen LogP contribution in [0.5, 0.6) is 0 Å². The van der Waals surface area contributed by atoms with Crippen LogP contribution < -0.4 is 5.32 Å². The third-order valence-corrected chi connectivity index (χ3v) is 7.23. The van der Waals surface area contributed by atoms with E-state index in [4.69, 9.17) is 11.6 Å². The van der Waals surface area contributed by atoms with E-state index in [1.807, 2.05) is 66.7 Å². The molecule has 0 saturated heterocycles. The fourth-order valence-electron chi connectivity index (χ4n) is 4.63. The van der Waals surface area contributed by atoms with E-state index in [-0.39, 0.29) is 24.3 Å². The zero-order chi connectivity index (χ0) is 24.6. The Hall–Kier alpha value is -2.63. The summed E-state index contributed by atoms with van der Waals surface area (Å²) < 4.78 is 0.940. The number of carbonyl (C=O) groups is 2. The molecule has 0 aromatic heterocycles. The van der Waals surface area contributed by atoms with Gasteiger partial charge in [0.05, 0.1) is 6.42 Å². The molecule has 4 rings (SSSR count). The molecule has 1 aliphatic rings. The molecule has 0 aliphatic heterocycles. The maximum Gasteiger partial charge on any atom is 0.243 e. The maximum atomic E-state index is 13.8. The Bertz CT molecular complexity index is 1130. The standard InChI is InChI=1S/C29H30BrClN2O2/c30-24-10-6-9-23(17-24)20-33(28(34)19-22-13-15-25(31)16-14-22)27(18-21-7-2-1-3-8-21)29(35)32-26-11-4-5-12-26/h1-3,6-10,13-17,26-27H,4-5,11-12,18-20H2,(H,32,35). The molecule has 1 saturated carbocycles. The first kappa shape index (κ1) is 25.5. The van der Waals surface area contributed by atoms with E-state index in [0.29, 0.717) is 18.0 Å². The molecule has 2 amide bonds. The Morgan fingerprint density at radius 3 is 2.29 bits per heavy atom. The van der Waals surface area contributed by atoms with Gasteiger partial charge in [0, 0.05) is 28.5 Å². The van der Waals surface area contributed by atoms with Gasteiger partial charge in [-0.25, -0.2) is 0 Å². The zero-order valence-corrected chi connectivity index (χ0v) is 22.0. The molecule has 3 aromatic carbocycles. The summed E-state index contributed by atoms with van der Waals surface area (Å²) in [7, 11) is 0. The SMILES string of the molecule is O=C(NC1CCCC1)C(Cc1ccccc1)N(Cc1cccc(Br)c1)C(=O)Cc1ccc(Cl)cc1. The Morgan fingerprint density at radius 1 is 0.914 bits per heavy atom. The van der Waals surface area contributed by atoms with Gasteiger partial charge in [0.1, 0.15) is 6.04 Å². The molecular formula is C29H30BrClN2O2. The zero-order valence-electron chi connectivity index (χ0n) is 19.6. The minimum atomic E-state index is -0.614. The molecule has 1 aliphatic carbocycles. The predicted octanol–water partition coefficient (Wildman–Crippen LogP) is 6.34. The number of amides is 2. The molecule has 35 heavy (non-hydrogen) atoms. The van der Waals surface area contributed by atoms with Gasteiger partial charge in [0.25, 0.3) is 0 Å². The van der Waals surface area contributed by atoms with Crippen LogP contribution in [0.3, 0.4) is 0 Å². The van der Waals surface area contributed by atoms with Crippen LogP contribution in [-0.4, -0.2) is 28.8 Å². The number of nitrogens with one attached hydrogen (secondary N) is 1. The molecule has 0 bridgehead atoms. The fourth-order valence-corrected chi connectivity index (χ4v) is 5.20. The van der Waals surface area contributed by atoms with Gasteiger partial charge in [0.15, 0.2) is 0 Å². The first-order valence-corrected chi connectivity index (χ1v) is 13.3. The van der Waals surface area contributed by atoms with Crippen molar-refractivity contribution in [1.29, 1.82) is 0 Å². The highest BCUT2D eigenvalue weighted by Gasteiger charge is 2.32. The Kier molecular flexibility index (Phi) is 9.00. The van der Waals surface area contributed by atoms with E-state index >= 15 is 0 Å². The second kappa shape index (κ2) is 12.4. The Balaban J connectivity index is 1.65. The van der Waals surface area contributed by atoms with Gasteiger partial charge in [-0.05, 0) is 53.8 Å². The molecule has 0 spiro atoms. The summed E-state index contributed by atoms with van der Waals surface area (Å²) in [4.78, 5) is 29.2. The van der Waals surface area contributed by atoms with Gasteiger partial charge in [-0.2, -0.15) is 0 Å². The Morgan fingerprint density at radius 2 is 1.60 bits per heavy atom. The molecule has 3 aromatic rings. The summed E-state index contributed by atoms with van der Waals surface area (Å²) >= 11 is 9.58. The molecule has 182 valence electrons. The number of hydrogen-bond donors (Lipinski definition) is 1. The molecule has 0 heterocycles. The summed E-state index contributed by atoms with van der Waals surface area (Å²) in [6.45, 7) is 0.349. The van der Waals surface area contributed by atoms with Crippen LogP contribution in [0.2, 0.25) is 5.02 Å². The smallest absolute Gasteiger partial charge is 0.243 e. The van der Waals surface area contributed by atoms with Gasteiger partial charge in [-0.3, -0.25) is 9.59 Å². The van der Waals surface area contributed by atoms with Crippen LogP contribution in [0.4, 0.5) is 0 Å². The lowest BCUT2D eigenvalue weighted by Crippen LogP contribution is -2.52. The van der Waals surface area contributed by atoms with Crippen LogP contribution >= 0.6 is 27.5 Å². The van der Waals surface area contributed by atoms with Crippen LogP contribution in [-0.2, 0) is 29.0 Å². The van der Waals surface area contributed by atoms with Crippen LogP contribution in [0.1, 0.15) is 42.4 Å². The second-order valence-electron chi connectivity index (χ2n) is 9.15. The molecule has 4 nitrogen and oxygen atoms in total. The largest absolute Gasteiger partial charge is 0.352 e. The van der Waals surface area contributed by atoms with Crippen molar-refractivity contribution in [1.82, 2.24) is 10.2 Å². The van der Waals surface area contributed by atoms with E-state index in [0.717, 1.165) is 46.8 Å². The number of rotatable bonds is 9. The first-order chi connectivity index (χ1) is 17.0. The van der Waals surface area contributed by atoms with Crippen LogP contribution in [0, 0.1) is 0 Å². The molecule has 1 atom stereocenters. The maximum absolute atomic E-state index is 13.8. The third-order valence-electron chi connectivity index (χ3n) is 6.48. The molecule has 6 heteroatoms. The third kappa shape index (κ3) is 7.42. The number of carbonyl (C=O) groups excluding carboxylic acids is 2. The molecule has 1 N–H and O–H groups in total. The summed E-state index contributed by atoms with van der Waals surface area (Å²) in [6, 6.07) is 24.7. The van der Waals surface area contributed by atoms with Crippen molar-refractivity contribution in [2.75, 3.05) is 0 Å². The van der Waals surface area contributed by atoms with E-state index in [2.05, 4.69) is 21.2 Å². The van der Waals surface area contributed by atoms with Crippen molar-refractivity contribution < 1.29 is 9.59 Å². The lowest BCUT2D eigenvalue weighted by Gasteiger charge is -2.32. The van der Waals surface area contributed by atoms with E-state index < -0.39 is 6.04 Å². The summed E-state index contributed by atoms with van der Waals surface area (Å²) in [5.74, 6) is -0.171. The van der Waals surface area contributed by atoms with Gasteiger partial charge >= 0.3 is 0 Å². The average Bonchev–Trinajstić information content (AvgIpc) is 3.36. The number of benzene rings is 3. The molecule has 0 radical (unpaired) electrons. The lowest BCUT2D eigenvalue weighted by molar-refractivity contribution is -0.141. The molecule has 1 fully saturated rings. The topological polar surface area (TPSA) is 49.4 Å². The quantitative estimate of drug-likeness (QED) is 0.336. The van der Waals surface area contributed by atoms with Crippen LogP contribution in [0.15, 0.2) is 83.3 Å². The fraction of sp³-hybridized carbons (Fsp3) is 0.310. The second-order valence-corrected chi connectivity index (χ2v) is 10.5. The van der Waals surface area contributed by atoms with Crippen molar-refractivity contribution in [3.63, 3.8) is 0 Å².